The van der Waals surface area contributed by atoms with Crippen LogP contribution in [0.4, 0.5) is 0 Å². The van der Waals surface area contributed by atoms with Crippen LogP contribution in [-0.4, -0.2) is 37.1 Å². The lowest BCUT2D eigenvalue weighted by Gasteiger charge is -2.44. The van der Waals surface area contributed by atoms with E-state index in [0.29, 0.717) is 11.5 Å². The van der Waals surface area contributed by atoms with Gasteiger partial charge in [0.1, 0.15) is 0 Å². The normalized spacial score (nSPS) is 35.0. The van der Waals surface area contributed by atoms with Gasteiger partial charge in [0.25, 0.3) is 0 Å². The second-order valence-corrected chi connectivity index (χ2v) is 8.48. The quantitative estimate of drug-likeness (QED) is 0.843. The van der Waals surface area contributed by atoms with Gasteiger partial charge in [-0.1, -0.05) is 33.6 Å². The first-order valence-corrected chi connectivity index (χ1v) is 8.82. The van der Waals surface area contributed by atoms with Gasteiger partial charge in [0.05, 0.1) is 0 Å². The van der Waals surface area contributed by atoms with Gasteiger partial charge in [-0.05, 0) is 63.5 Å². The topological polar surface area (TPSA) is 15.3 Å². The van der Waals surface area contributed by atoms with E-state index in [0.717, 1.165) is 17.9 Å². The fourth-order valence-electron chi connectivity index (χ4n) is 4.46. The molecule has 20 heavy (non-hydrogen) atoms. The standard InChI is InChI=1S/C18H36N2/c1-14(15-9-8-12-20(5)13-15)19-17-11-7-6-10-16(17)18(2,3)4/h14-17,19H,6-13H2,1-5H3. The molecule has 1 saturated carbocycles. The van der Waals surface area contributed by atoms with Gasteiger partial charge in [-0.15, -0.1) is 0 Å². The van der Waals surface area contributed by atoms with Crippen molar-refractivity contribution in [3.05, 3.63) is 0 Å². The van der Waals surface area contributed by atoms with E-state index in [9.17, 15) is 0 Å². The molecular weight excluding hydrogens is 244 g/mol. The van der Waals surface area contributed by atoms with Gasteiger partial charge in [-0.25, -0.2) is 0 Å². The summed E-state index contributed by atoms with van der Waals surface area (Å²) in [6.07, 6.45) is 8.43. The Kier molecular flexibility index (Phi) is 5.53. The molecule has 0 aromatic carbocycles. The van der Waals surface area contributed by atoms with Crippen molar-refractivity contribution in [3.8, 4) is 0 Å². The summed E-state index contributed by atoms with van der Waals surface area (Å²) in [6.45, 7) is 12.3. The van der Waals surface area contributed by atoms with E-state index < -0.39 is 0 Å². The number of hydrogen-bond acceptors (Lipinski definition) is 2. The largest absolute Gasteiger partial charge is 0.311 e. The maximum absolute atomic E-state index is 4.04. The summed E-state index contributed by atoms with van der Waals surface area (Å²) in [4.78, 5) is 2.51. The average Bonchev–Trinajstić information content (AvgIpc) is 2.38. The maximum Gasteiger partial charge on any atom is 0.0103 e. The molecule has 1 saturated heterocycles. The summed E-state index contributed by atoms with van der Waals surface area (Å²) in [7, 11) is 2.28. The summed E-state index contributed by atoms with van der Waals surface area (Å²) < 4.78 is 0. The molecule has 0 aromatic heterocycles. The molecule has 1 aliphatic carbocycles. The van der Waals surface area contributed by atoms with Crippen molar-refractivity contribution in [2.75, 3.05) is 20.1 Å². The van der Waals surface area contributed by atoms with Crippen molar-refractivity contribution in [1.82, 2.24) is 10.2 Å². The third kappa shape index (κ3) is 4.21. The number of rotatable bonds is 3. The Bertz CT molecular complexity index is 294. The van der Waals surface area contributed by atoms with Crippen molar-refractivity contribution < 1.29 is 0 Å². The van der Waals surface area contributed by atoms with E-state index in [1.54, 1.807) is 0 Å². The lowest BCUT2D eigenvalue weighted by molar-refractivity contribution is 0.104. The SMILES string of the molecule is CC(NC1CCCCC1C(C)(C)C)C1CCCN(C)C1. The minimum absolute atomic E-state index is 0.446. The van der Waals surface area contributed by atoms with E-state index in [4.69, 9.17) is 0 Å². The molecule has 0 aromatic rings. The maximum atomic E-state index is 4.04. The summed E-state index contributed by atoms with van der Waals surface area (Å²) >= 11 is 0. The van der Waals surface area contributed by atoms with Crippen LogP contribution in [0.5, 0.6) is 0 Å². The number of piperidine rings is 1. The van der Waals surface area contributed by atoms with Crippen LogP contribution in [0.1, 0.15) is 66.2 Å². The van der Waals surface area contributed by atoms with Crippen LogP contribution in [0.15, 0.2) is 0 Å². The zero-order valence-corrected chi connectivity index (χ0v) is 14.4. The minimum atomic E-state index is 0.446. The van der Waals surface area contributed by atoms with Crippen molar-refractivity contribution in [1.29, 1.82) is 0 Å². The summed E-state index contributed by atoms with van der Waals surface area (Å²) in [5.41, 5.74) is 0.446. The van der Waals surface area contributed by atoms with Crippen LogP contribution >= 0.6 is 0 Å². The highest BCUT2D eigenvalue weighted by molar-refractivity contribution is 4.91. The Labute approximate surface area is 126 Å². The summed E-state index contributed by atoms with van der Waals surface area (Å²) in [5.74, 6) is 1.69. The predicted molar refractivity (Wildman–Crippen MR) is 88.0 cm³/mol. The highest BCUT2D eigenvalue weighted by atomic mass is 15.1. The van der Waals surface area contributed by atoms with E-state index in [1.807, 2.05) is 0 Å². The van der Waals surface area contributed by atoms with Crippen LogP contribution in [0.25, 0.3) is 0 Å². The highest BCUT2D eigenvalue weighted by Crippen LogP contribution is 2.38. The molecule has 0 radical (unpaired) electrons. The first kappa shape index (κ1) is 16.3. The van der Waals surface area contributed by atoms with Crippen LogP contribution in [0, 0.1) is 17.3 Å². The Hall–Kier alpha value is -0.0800. The van der Waals surface area contributed by atoms with Crippen molar-refractivity contribution in [2.24, 2.45) is 17.3 Å². The molecule has 0 spiro atoms. The Morgan fingerprint density at radius 3 is 2.40 bits per heavy atom. The zero-order valence-electron chi connectivity index (χ0n) is 14.4. The molecule has 2 heteroatoms. The second kappa shape index (κ2) is 6.79. The first-order chi connectivity index (χ1) is 9.38. The van der Waals surface area contributed by atoms with Crippen molar-refractivity contribution >= 4 is 0 Å². The molecule has 1 aliphatic heterocycles. The molecule has 0 bridgehead atoms. The van der Waals surface area contributed by atoms with Crippen LogP contribution in [0.2, 0.25) is 0 Å². The van der Waals surface area contributed by atoms with Gasteiger partial charge >= 0.3 is 0 Å². The molecular formula is C18H36N2. The van der Waals surface area contributed by atoms with E-state index in [2.05, 4.69) is 45.0 Å². The zero-order chi connectivity index (χ0) is 14.8. The molecule has 2 aliphatic rings. The number of hydrogen-bond donors (Lipinski definition) is 1. The van der Waals surface area contributed by atoms with Gasteiger partial charge in [0.15, 0.2) is 0 Å². The van der Waals surface area contributed by atoms with Gasteiger partial charge < -0.3 is 10.2 Å². The lowest BCUT2D eigenvalue weighted by Crippen LogP contribution is -2.51. The second-order valence-electron chi connectivity index (χ2n) is 8.48. The molecule has 4 atom stereocenters. The Morgan fingerprint density at radius 2 is 1.75 bits per heavy atom. The molecule has 2 rings (SSSR count). The fraction of sp³-hybridized carbons (Fsp3) is 1.00. The van der Waals surface area contributed by atoms with Crippen molar-refractivity contribution in [2.45, 2.75) is 78.3 Å². The van der Waals surface area contributed by atoms with E-state index in [-0.39, 0.29) is 0 Å². The molecule has 1 N–H and O–H groups in total. The number of nitrogens with one attached hydrogen (secondary N) is 1. The summed E-state index contributed by atoms with van der Waals surface area (Å²) in [5, 5.41) is 4.04. The Balaban J connectivity index is 1.92. The number of likely N-dealkylation sites (tertiary alicyclic amines) is 1. The summed E-state index contributed by atoms with van der Waals surface area (Å²) in [6, 6.07) is 1.41. The van der Waals surface area contributed by atoms with Crippen LogP contribution in [-0.2, 0) is 0 Å². The molecule has 4 unspecified atom stereocenters. The Morgan fingerprint density at radius 1 is 1.05 bits per heavy atom. The predicted octanol–water partition coefficient (Wildman–Crippen LogP) is 3.91. The molecule has 2 nitrogen and oxygen atoms in total. The molecule has 2 fully saturated rings. The monoisotopic (exact) mass is 280 g/mol. The van der Waals surface area contributed by atoms with Crippen LogP contribution in [0.3, 0.4) is 0 Å². The minimum Gasteiger partial charge on any atom is -0.311 e. The first-order valence-electron chi connectivity index (χ1n) is 8.82. The van der Waals surface area contributed by atoms with Gasteiger partial charge in [0, 0.05) is 18.6 Å². The smallest absolute Gasteiger partial charge is 0.0103 e. The number of nitrogens with zero attached hydrogens (tertiary/aromatic N) is 1. The van der Waals surface area contributed by atoms with Gasteiger partial charge in [-0.3, -0.25) is 0 Å². The average molecular weight is 280 g/mol. The third-order valence-electron chi connectivity index (χ3n) is 5.72. The molecule has 118 valence electrons. The molecule has 0 amide bonds. The van der Waals surface area contributed by atoms with Crippen LogP contribution < -0.4 is 5.32 Å². The van der Waals surface area contributed by atoms with E-state index in [1.165, 1.54) is 51.6 Å². The fourth-order valence-corrected chi connectivity index (χ4v) is 4.46. The molecule has 1 heterocycles. The van der Waals surface area contributed by atoms with E-state index >= 15 is 0 Å². The van der Waals surface area contributed by atoms with Gasteiger partial charge in [0.2, 0.25) is 0 Å². The highest BCUT2D eigenvalue weighted by Gasteiger charge is 2.35. The lowest BCUT2D eigenvalue weighted by atomic mass is 9.69. The third-order valence-corrected chi connectivity index (χ3v) is 5.72. The van der Waals surface area contributed by atoms with Gasteiger partial charge in [-0.2, -0.15) is 0 Å². The van der Waals surface area contributed by atoms with Crippen molar-refractivity contribution in [3.63, 3.8) is 0 Å².